The van der Waals surface area contributed by atoms with E-state index in [-0.39, 0.29) is 19.2 Å². The fourth-order valence-corrected chi connectivity index (χ4v) is 2.66. The summed E-state index contributed by atoms with van der Waals surface area (Å²) in [4.78, 5) is 13.4. The molecule has 0 amide bonds. The van der Waals surface area contributed by atoms with Gasteiger partial charge < -0.3 is 30.9 Å². The molecule has 0 aliphatic carbocycles. The van der Waals surface area contributed by atoms with Gasteiger partial charge in [0, 0.05) is 13.1 Å². The molecule has 1 rings (SSSR count). The molecule has 0 fully saturated rings. The number of aliphatic hydroxyl groups excluding tert-OH is 1. The smallest absolute Gasteiger partial charge is 0.451 e. The molecular formula is C17H29BN2O5. The molecule has 0 heterocycles. The lowest BCUT2D eigenvalue weighted by atomic mass is 9.81. The summed E-state index contributed by atoms with van der Waals surface area (Å²) in [5, 5.41) is 37.3. The van der Waals surface area contributed by atoms with E-state index in [1.165, 1.54) is 0 Å². The van der Waals surface area contributed by atoms with Crippen LogP contribution in [0.5, 0.6) is 0 Å². The molecule has 0 aromatic heterocycles. The fourth-order valence-electron chi connectivity index (χ4n) is 2.66. The molecule has 6 N–H and O–H groups in total. The summed E-state index contributed by atoms with van der Waals surface area (Å²) in [6.07, 6.45) is 1.10. The van der Waals surface area contributed by atoms with Gasteiger partial charge in [0.2, 0.25) is 0 Å². The topological polar surface area (TPSA) is 127 Å². The van der Waals surface area contributed by atoms with Crippen LogP contribution in [0, 0.1) is 0 Å². The Kier molecular flexibility index (Phi) is 9.09. The number of hydrogen-bond acceptors (Lipinski definition) is 6. The first-order valence-corrected chi connectivity index (χ1v) is 8.54. The third kappa shape index (κ3) is 7.98. The first-order valence-electron chi connectivity index (χ1n) is 8.54. The lowest BCUT2D eigenvalue weighted by Crippen LogP contribution is -2.50. The van der Waals surface area contributed by atoms with E-state index in [0.29, 0.717) is 25.9 Å². The van der Waals surface area contributed by atoms with Crippen molar-refractivity contribution in [2.75, 3.05) is 20.1 Å². The summed E-state index contributed by atoms with van der Waals surface area (Å²) in [5.74, 6) is -1.06. The van der Waals surface area contributed by atoms with Crippen molar-refractivity contribution >= 4 is 13.1 Å². The largest absolute Gasteiger partial charge is 0.480 e. The molecule has 0 saturated heterocycles. The van der Waals surface area contributed by atoms with E-state index >= 15 is 0 Å². The van der Waals surface area contributed by atoms with Gasteiger partial charge in [0.1, 0.15) is 5.54 Å². The molecule has 2 atom stereocenters. The second-order valence-electron chi connectivity index (χ2n) is 6.63. The molecule has 0 spiro atoms. The van der Waals surface area contributed by atoms with Gasteiger partial charge in [0.05, 0.1) is 6.10 Å². The van der Waals surface area contributed by atoms with Crippen molar-refractivity contribution < 1.29 is 25.1 Å². The van der Waals surface area contributed by atoms with Crippen molar-refractivity contribution in [2.24, 2.45) is 5.73 Å². The summed E-state index contributed by atoms with van der Waals surface area (Å²) in [6, 6.07) is 9.29. The van der Waals surface area contributed by atoms with Gasteiger partial charge in [-0.05, 0) is 31.8 Å². The number of rotatable bonds is 12. The van der Waals surface area contributed by atoms with Crippen LogP contribution in [0.1, 0.15) is 37.4 Å². The van der Waals surface area contributed by atoms with Crippen LogP contribution in [-0.4, -0.2) is 63.9 Å². The van der Waals surface area contributed by atoms with Crippen molar-refractivity contribution in [3.63, 3.8) is 0 Å². The Bertz CT molecular complexity index is 517. The van der Waals surface area contributed by atoms with Gasteiger partial charge in [-0.2, -0.15) is 0 Å². The average Bonchev–Trinajstić information content (AvgIpc) is 2.57. The lowest BCUT2D eigenvalue weighted by Gasteiger charge is -2.28. The summed E-state index contributed by atoms with van der Waals surface area (Å²) in [7, 11) is 0.443. The lowest BCUT2D eigenvalue weighted by molar-refractivity contribution is -0.144. The predicted molar refractivity (Wildman–Crippen MR) is 96.9 cm³/mol. The van der Waals surface area contributed by atoms with E-state index < -0.39 is 24.7 Å². The molecule has 7 nitrogen and oxygen atoms in total. The normalized spacial score (nSPS) is 15.0. The third-order valence-corrected chi connectivity index (χ3v) is 4.37. The molecule has 1 aromatic rings. The number of aliphatic hydroxyl groups is 1. The Morgan fingerprint density at radius 2 is 1.88 bits per heavy atom. The van der Waals surface area contributed by atoms with Crippen LogP contribution in [0.15, 0.2) is 30.3 Å². The van der Waals surface area contributed by atoms with Crippen LogP contribution in [0.2, 0.25) is 6.32 Å². The number of benzene rings is 1. The van der Waals surface area contributed by atoms with Crippen molar-refractivity contribution in [3.8, 4) is 0 Å². The quantitative estimate of drug-likeness (QED) is 0.273. The number of unbranched alkanes of at least 4 members (excludes halogenated alkanes) is 1. The Hall–Kier alpha value is -1.45. The number of nitrogens with two attached hydrogens (primary N) is 1. The van der Waals surface area contributed by atoms with Gasteiger partial charge >= 0.3 is 13.1 Å². The monoisotopic (exact) mass is 352 g/mol. The highest BCUT2D eigenvalue weighted by Gasteiger charge is 2.33. The Labute approximate surface area is 149 Å². The molecule has 0 aliphatic rings. The van der Waals surface area contributed by atoms with Crippen LogP contribution in [0.25, 0.3) is 0 Å². The van der Waals surface area contributed by atoms with Crippen LogP contribution in [-0.2, 0) is 4.79 Å². The van der Waals surface area contributed by atoms with Gasteiger partial charge in [-0.3, -0.25) is 4.79 Å². The molecule has 140 valence electrons. The molecular weight excluding hydrogens is 323 g/mol. The molecule has 1 aromatic carbocycles. The minimum Gasteiger partial charge on any atom is -0.480 e. The molecule has 8 heteroatoms. The van der Waals surface area contributed by atoms with E-state index in [9.17, 15) is 15.0 Å². The summed E-state index contributed by atoms with van der Waals surface area (Å²) in [6.45, 7) is 0.825. The number of carboxylic acid groups (broad SMARTS) is 1. The SMILES string of the molecule is CN(CCC(N)(CCCCB(O)O)C(=O)O)CC(O)c1ccccc1. The third-order valence-electron chi connectivity index (χ3n) is 4.37. The van der Waals surface area contributed by atoms with E-state index in [2.05, 4.69) is 0 Å². The van der Waals surface area contributed by atoms with Crippen molar-refractivity contribution in [2.45, 2.75) is 43.6 Å². The molecule has 0 saturated carbocycles. The van der Waals surface area contributed by atoms with Gasteiger partial charge in [-0.25, -0.2) is 0 Å². The van der Waals surface area contributed by atoms with Crippen LogP contribution in [0.3, 0.4) is 0 Å². The molecule has 0 radical (unpaired) electrons. The molecule has 2 unspecified atom stereocenters. The first-order chi connectivity index (χ1) is 11.7. The second-order valence-corrected chi connectivity index (χ2v) is 6.63. The second kappa shape index (κ2) is 10.5. The standard InChI is InChI=1S/C17H29BN2O5/c1-20(13-15(21)14-7-3-2-4-8-14)12-10-17(19,16(22)23)9-5-6-11-18(24)25/h2-4,7-8,15,21,24-25H,5-6,9-13,19H2,1H3,(H,22,23). The highest BCUT2D eigenvalue weighted by molar-refractivity contribution is 6.40. The minimum absolute atomic E-state index is 0.207. The fraction of sp³-hybridized carbons (Fsp3) is 0.588. The number of carbonyl (C=O) groups is 1. The zero-order valence-electron chi connectivity index (χ0n) is 14.7. The zero-order valence-corrected chi connectivity index (χ0v) is 14.7. The predicted octanol–water partition coefficient (Wildman–Crippen LogP) is 0.467. The number of aliphatic carboxylic acids is 1. The minimum atomic E-state index is -1.37. The van der Waals surface area contributed by atoms with E-state index in [0.717, 1.165) is 5.56 Å². The van der Waals surface area contributed by atoms with Crippen molar-refractivity contribution in [1.29, 1.82) is 0 Å². The van der Waals surface area contributed by atoms with E-state index in [1.54, 1.807) is 0 Å². The number of likely N-dealkylation sites (N-methyl/N-ethyl adjacent to an activating group) is 1. The van der Waals surface area contributed by atoms with Crippen LogP contribution in [0.4, 0.5) is 0 Å². The molecule has 0 aliphatic heterocycles. The Morgan fingerprint density at radius 3 is 2.44 bits per heavy atom. The zero-order chi connectivity index (χ0) is 18.9. The maximum Gasteiger partial charge on any atom is 0.451 e. The highest BCUT2D eigenvalue weighted by atomic mass is 16.4. The van der Waals surface area contributed by atoms with Crippen molar-refractivity contribution in [3.05, 3.63) is 35.9 Å². The Morgan fingerprint density at radius 1 is 1.24 bits per heavy atom. The maximum absolute atomic E-state index is 11.5. The van der Waals surface area contributed by atoms with Crippen molar-refractivity contribution in [1.82, 2.24) is 4.90 Å². The number of hydrogen-bond donors (Lipinski definition) is 5. The summed E-state index contributed by atoms with van der Waals surface area (Å²) >= 11 is 0. The molecule has 25 heavy (non-hydrogen) atoms. The van der Waals surface area contributed by atoms with Gasteiger partial charge in [-0.1, -0.05) is 43.2 Å². The van der Waals surface area contributed by atoms with Gasteiger partial charge in [0.15, 0.2) is 0 Å². The number of carboxylic acids is 1. The first kappa shape index (κ1) is 21.6. The van der Waals surface area contributed by atoms with Gasteiger partial charge in [-0.15, -0.1) is 0 Å². The summed E-state index contributed by atoms with van der Waals surface area (Å²) in [5.41, 5.74) is 5.49. The number of nitrogens with zero attached hydrogens (tertiary/aromatic N) is 1. The van der Waals surface area contributed by atoms with Gasteiger partial charge in [0.25, 0.3) is 0 Å². The summed E-state index contributed by atoms with van der Waals surface area (Å²) < 4.78 is 0. The van der Waals surface area contributed by atoms with E-state index in [4.69, 9.17) is 15.8 Å². The van der Waals surface area contributed by atoms with Crippen LogP contribution >= 0.6 is 0 Å². The van der Waals surface area contributed by atoms with Crippen LogP contribution < -0.4 is 5.73 Å². The average molecular weight is 352 g/mol. The van der Waals surface area contributed by atoms with E-state index in [1.807, 2.05) is 42.3 Å². The maximum atomic E-state index is 11.5. The molecule has 0 bridgehead atoms. The highest BCUT2D eigenvalue weighted by Crippen LogP contribution is 2.19. The Balaban J connectivity index is 2.46.